The zero-order chi connectivity index (χ0) is 17.0. The zero-order valence-electron chi connectivity index (χ0n) is 13.0. The van der Waals surface area contributed by atoms with E-state index in [1.807, 2.05) is 0 Å². The summed E-state index contributed by atoms with van der Waals surface area (Å²) in [5.74, 6) is -1.18. The largest absolute Gasteiger partial charge is 0.337 e. The van der Waals surface area contributed by atoms with Crippen molar-refractivity contribution in [2.24, 2.45) is 5.73 Å². The average Bonchev–Trinajstić information content (AvgIpc) is 2.53. The molecule has 0 aliphatic carbocycles. The number of carbonyl (C=O) groups excluding carboxylic acids is 1. The van der Waals surface area contributed by atoms with E-state index >= 15 is 0 Å². The van der Waals surface area contributed by atoms with Gasteiger partial charge in [-0.1, -0.05) is 12.1 Å². The van der Waals surface area contributed by atoms with Gasteiger partial charge in [-0.15, -0.1) is 0 Å². The first-order valence-electron chi connectivity index (χ1n) is 7.64. The predicted octanol–water partition coefficient (Wildman–Crippen LogP) is 0.832. The van der Waals surface area contributed by atoms with Crippen molar-refractivity contribution in [3.63, 3.8) is 0 Å². The van der Waals surface area contributed by atoms with E-state index in [9.17, 15) is 17.6 Å². The van der Waals surface area contributed by atoms with Crippen LogP contribution < -0.4 is 10.5 Å². The summed E-state index contributed by atoms with van der Waals surface area (Å²) < 4.78 is 40.4. The normalized spacial score (nSPS) is 20.3. The summed E-state index contributed by atoms with van der Waals surface area (Å²) in [7, 11) is -4.10. The first-order chi connectivity index (χ1) is 10.9. The molecule has 6 nitrogen and oxygen atoms in total. The average molecular weight is 343 g/mol. The van der Waals surface area contributed by atoms with Crippen LogP contribution in [-0.2, 0) is 14.8 Å². The lowest BCUT2D eigenvalue weighted by atomic mass is 10.0. The molecule has 0 bridgehead atoms. The van der Waals surface area contributed by atoms with E-state index in [0.717, 1.165) is 25.3 Å². The monoisotopic (exact) mass is 343 g/mol. The highest BCUT2D eigenvalue weighted by Gasteiger charge is 2.31. The first-order valence-corrected chi connectivity index (χ1v) is 9.12. The van der Waals surface area contributed by atoms with Gasteiger partial charge in [-0.3, -0.25) is 4.79 Å². The Morgan fingerprint density at radius 3 is 2.78 bits per heavy atom. The lowest BCUT2D eigenvalue weighted by Crippen LogP contribution is -2.54. The van der Waals surface area contributed by atoms with E-state index in [2.05, 4.69) is 4.72 Å². The van der Waals surface area contributed by atoms with E-state index in [-0.39, 0.29) is 11.9 Å². The summed E-state index contributed by atoms with van der Waals surface area (Å²) in [6, 6.07) is 4.01. The minimum atomic E-state index is -4.10. The Hall–Kier alpha value is -1.51. The van der Waals surface area contributed by atoms with Gasteiger partial charge >= 0.3 is 0 Å². The van der Waals surface area contributed by atoms with Gasteiger partial charge in [0.2, 0.25) is 15.9 Å². The van der Waals surface area contributed by atoms with Crippen LogP contribution in [0, 0.1) is 5.82 Å². The number of benzene rings is 1. The highest BCUT2D eigenvalue weighted by molar-refractivity contribution is 7.89. The molecule has 1 aromatic carbocycles. The molecule has 1 aliphatic rings. The van der Waals surface area contributed by atoms with Gasteiger partial charge in [0.15, 0.2) is 0 Å². The number of likely N-dealkylation sites (tertiary alicyclic amines) is 1. The Morgan fingerprint density at radius 1 is 1.43 bits per heavy atom. The Kier molecular flexibility index (Phi) is 5.72. The molecule has 0 radical (unpaired) electrons. The van der Waals surface area contributed by atoms with Crippen molar-refractivity contribution in [1.29, 1.82) is 0 Å². The van der Waals surface area contributed by atoms with Gasteiger partial charge in [-0.25, -0.2) is 12.8 Å². The van der Waals surface area contributed by atoms with Crippen LogP contribution >= 0.6 is 0 Å². The van der Waals surface area contributed by atoms with Crippen molar-refractivity contribution >= 4 is 15.9 Å². The number of nitrogens with one attached hydrogen (secondary N) is 1. The van der Waals surface area contributed by atoms with Crippen molar-refractivity contribution in [2.75, 3.05) is 13.1 Å². The van der Waals surface area contributed by atoms with Crippen LogP contribution in [0.4, 0.5) is 4.39 Å². The maximum Gasteiger partial charge on any atom is 0.244 e. The maximum absolute atomic E-state index is 13.7. The molecule has 2 unspecified atom stereocenters. The second kappa shape index (κ2) is 7.37. The molecule has 1 saturated heterocycles. The number of hydrogen-bond donors (Lipinski definition) is 2. The molecule has 0 spiro atoms. The zero-order valence-corrected chi connectivity index (χ0v) is 13.9. The molecule has 2 atom stereocenters. The van der Waals surface area contributed by atoms with E-state index < -0.39 is 26.8 Å². The highest BCUT2D eigenvalue weighted by atomic mass is 32.2. The van der Waals surface area contributed by atoms with E-state index in [1.165, 1.54) is 25.1 Å². The number of nitrogens with two attached hydrogens (primary N) is 1. The van der Waals surface area contributed by atoms with Crippen molar-refractivity contribution in [3.8, 4) is 0 Å². The van der Waals surface area contributed by atoms with Crippen molar-refractivity contribution in [3.05, 3.63) is 30.1 Å². The van der Waals surface area contributed by atoms with Gasteiger partial charge in [0, 0.05) is 19.1 Å². The summed E-state index contributed by atoms with van der Waals surface area (Å²) in [5.41, 5.74) is 5.69. The fourth-order valence-electron chi connectivity index (χ4n) is 2.79. The molecular formula is C15H22FN3O3S. The Balaban J connectivity index is 2.13. The number of amides is 1. The second-order valence-electron chi connectivity index (χ2n) is 5.69. The third kappa shape index (κ3) is 4.07. The van der Waals surface area contributed by atoms with Gasteiger partial charge < -0.3 is 10.6 Å². The quantitative estimate of drug-likeness (QED) is 0.828. The van der Waals surface area contributed by atoms with Gasteiger partial charge in [0.05, 0.1) is 6.04 Å². The minimum Gasteiger partial charge on any atom is -0.337 e. The number of hydrogen-bond acceptors (Lipinski definition) is 4. The minimum absolute atomic E-state index is 0.0725. The third-order valence-electron chi connectivity index (χ3n) is 4.01. The van der Waals surface area contributed by atoms with E-state index in [0.29, 0.717) is 13.1 Å². The van der Waals surface area contributed by atoms with Crippen LogP contribution in [0.3, 0.4) is 0 Å². The maximum atomic E-state index is 13.7. The topological polar surface area (TPSA) is 92.5 Å². The number of halogens is 1. The summed E-state index contributed by atoms with van der Waals surface area (Å²) in [6.07, 6.45) is 2.69. The molecule has 1 fully saturated rings. The van der Waals surface area contributed by atoms with Crippen LogP contribution in [0.25, 0.3) is 0 Å². The molecule has 23 heavy (non-hydrogen) atoms. The number of carbonyl (C=O) groups is 1. The van der Waals surface area contributed by atoms with E-state index in [4.69, 9.17) is 5.73 Å². The number of nitrogens with zero attached hydrogens (tertiary/aromatic N) is 1. The molecule has 1 aliphatic heterocycles. The summed E-state index contributed by atoms with van der Waals surface area (Å²) in [6.45, 7) is 2.37. The molecule has 128 valence electrons. The van der Waals surface area contributed by atoms with Gasteiger partial charge in [0.1, 0.15) is 10.7 Å². The molecule has 1 heterocycles. The number of piperidine rings is 1. The van der Waals surface area contributed by atoms with Crippen LogP contribution in [0.1, 0.15) is 26.2 Å². The molecule has 8 heteroatoms. The van der Waals surface area contributed by atoms with Crippen molar-refractivity contribution in [2.45, 2.75) is 43.2 Å². The number of sulfonamides is 1. The van der Waals surface area contributed by atoms with Crippen LogP contribution in [0.2, 0.25) is 0 Å². The molecule has 0 aromatic heterocycles. The first kappa shape index (κ1) is 17.8. The summed E-state index contributed by atoms with van der Waals surface area (Å²) in [5, 5.41) is 0. The molecular weight excluding hydrogens is 321 g/mol. The molecule has 1 amide bonds. The summed E-state index contributed by atoms with van der Waals surface area (Å²) in [4.78, 5) is 13.7. The predicted molar refractivity (Wildman–Crippen MR) is 84.6 cm³/mol. The Labute approximate surface area is 135 Å². The van der Waals surface area contributed by atoms with Crippen molar-refractivity contribution in [1.82, 2.24) is 9.62 Å². The van der Waals surface area contributed by atoms with Gasteiger partial charge in [-0.2, -0.15) is 4.72 Å². The Bertz CT molecular complexity index is 666. The van der Waals surface area contributed by atoms with Gasteiger partial charge in [-0.05, 0) is 38.3 Å². The van der Waals surface area contributed by atoms with Crippen LogP contribution in [0.5, 0.6) is 0 Å². The lowest BCUT2D eigenvalue weighted by Gasteiger charge is -2.36. The fourth-order valence-corrected chi connectivity index (χ4v) is 4.07. The Morgan fingerprint density at radius 2 is 2.13 bits per heavy atom. The highest BCUT2D eigenvalue weighted by Crippen LogP contribution is 2.18. The smallest absolute Gasteiger partial charge is 0.244 e. The SMILES string of the molecule is CC(NS(=O)(=O)c1ccccc1F)C(=O)N1CCCCC1CN. The molecule has 1 aromatic rings. The van der Waals surface area contributed by atoms with Crippen LogP contribution in [0.15, 0.2) is 29.2 Å². The standard InChI is InChI=1S/C15H22FN3O3S/c1-11(15(20)19-9-5-4-6-12(19)10-17)18-23(21,22)14-8-3-2-7-13(14)16/h2-3,7-8,11-12,18H,4-6,9-10,17H2,1H3. The number of rotatable bonds is 5. The third-order valence-corrected chi connectivity index (χ3v) is 5.58. The second-order valence-corrected chi connectivity index (χ2v) is 7.37. The molecule has 3 N–H and O–H groups in total. The summed E-state index contributed by atoms with van der Waals surface area (Å²) >= 11 is 0. The van der Waals surface area contributed by atoms with Gasteiger partial charge in [0.25, 0.3) is 0 Å². The molecule has 0 saturated carbocycles. The lowest BCUT2D eigenvalue weighted by molar-refractivity contribution is -0.136. The fraction of sp³-hybridized carbons (Fsp3) is 0.533. The molecule has 2 rings (SSSR count). The van der Waals surface area contributed by atoms with Crippen molar-refractivity contribution < 1.29 is 17.6 Å². The van der Waals surface area contributed by atoms with E-state index in [1.54, 1.807) is 4.90 Å². The van der Waals surface area contributed by atoms with Crippen LogP contribution in [-0.4, -0.2) is 44.4 Å².